The third-order valence-electron chi connectivity index (χ3n) is 8.39. The van der Waals surface area contributed by atoms with E-state index in [9.17, 15) is 23.4 Å². The molecule has 0 aliphatic carbocycles. The van der Waals surface area contributed by atoms with Crippen LogP contribution in [0.3, 0.4) is 0 Å². The normalized spacial score (nSPS) is 22.5. The Bertz CT molecular complexity index is 1350. The van der Waals surface area contributed by atoms with Crippen molar-refractivity contribution in [2.45, 2.75) is 69.0 Å². The van der Waals surface area contributed by atoms with E-state index in [2.05, 4.69) is 5.32 Å². The van der Waals surface area contributed by atoms with Gasteiger partial charge >= 0.3 is 6.09 Å². The van der Waals surface area contributed by atoms with E-state index in [0.29, 0.717) is 24.5 Å². The van der Waals surface area contributed by atoms with E-state index in [1.165, 1.54) is 28.6 Å². The van der Waals surface area contributed by atoms with Crippen LogP contribution in [0.15, 0.2) is 47.4 Å². The molecule has 12 nitrogen and oxygen atoms in total. The highest BCUT2D eigenvalue weighted by Gasteiger charge is 2.44. The number of ether oxygens (including phenoxy) is 5. The first-order valence-corrected chi connectivity index (χ1v) is 16.2. The molecule has 236 valence electrons. The smallest absolute Gasteiger partial charge is 0.407 e. The Kier molecular flexibility index (Phi) is 9.97. The Labute approximate surface area is 251 Å². The molecule has 0 bridgehead atoms. The van der Waals surface area contributed by atoms with Crippen molar-refractivity contribution in [2.75, 3.05) is 33.1 Å². The minimum absolute atomic E-state index is 0.0110. The molecule has 1 amide bonds. The summed E-state index contributed by atoms with van der Waals surface area (Å²) in [7, 11) is -4.07. The van der Waals surface area contributed by atoms with E-state index in [1.54, 1.807) is 18.2 Å². The van der Waals surface area contributed by atoms with Crippen molar-refractivity contribution in [2.24, 2.45) is 11.8 Å². The largest absolute Gasteiger partial charge is 0.508 e. The van der Waals surface area contributed by atoms with Crippen molar-refractivity contribution in [3.05, 3.63) is 48.0 Å². The number of nitrogens with zero attached hydrogens (tertiary/aromatic N) is 1. The Morgan fingerprint density at radius 1 is 1.07 bits per heavy atom. The van der Waals surface area contributed by atoms with Gasteiger partial charge in [0.1, 0.15) is 11.9 Å². The second-order valence-corrected chi connectivity index (χ2v) is 13.1. The summed E-state index contributed by atoms with van der Waals surface area (Å²) in [6.45, 7) is 4.65. The van der Waals surface area contributed by atoms with Crippen molar-refractivity contribution in [3.8, 4) is 17.2 Å². The first-order chi connectivity index (χ1) is 20.7. The summed E-state index contributed by atoms with van der Waals surface area (Å²) in [6.07, 6.45) is -0.558. The molecule has 43 heavy (non-hydrogen) atoms. The van der Waals surface area contributed by atoms with Crippen LogP contribution in [0.2, 0.25) is 0 Å². The molecular formula is C30H40N2O10S. The molecule has 13 heteroatoms. The van der Waals surface area contributed by atoms with Crippen molar-refractivity contribution in [3.63, 3.8) is 0 Å². The van der Waals surface area contributed by atoms with Gasteiger partial charge in [0.2, 0.25) is 16.8 Å². The second-order valence-electron chi connectivity index (χ2n) is 11.2. The molecule has 2 aromatic carbocycles. The Balaban J connectivity index is 1.36. The van der Waals surface area contributed by atoms with Crippen LogP contribution in [-0.4, -0.2) is 86.7 Å². The summed E-state index contributed by atoms with van der Waals surface area (Å²) < 4.78 is 56.7. The molecule has 2 saturated heterocycles. The van der Waals surface area contributed by atoms with E-state index >= 15 is 0 Å². The van der Waals surface area contributed by atoms with Crippen molar-refractivity contribution >= 4 is 16.1 Å². The summed E-state index contributed by atoms with van der Waals surface area (Å²) in [6, 6.07) is 9.91. The molecule has 0 radical (unpaired) electrons. The molecule has 2 fully saturated rings. The van der Waals surface area contributed by atoms with Gasteiger partial charge in [-0.15, -0.1) is 0 Å². The van der Waals surface area contributed by atoms with Crippen molar-refractivity contribution in [1.82, 2.24) is 9.62 Å². The number of benzene rings is 2. The van der Waals surface area contributed by atoms with Gasteiger partial charge in [-0.1, -0.05) is 38.8 Å². The molecule has 0 saturated carbocycles. The number of phenolic OH excluding ortho intramolecular Hbond substituents is 1. The van der Waals surface area contributed by atoms with Crippen LogP contribution in [0.1, 0.15) is 38.7 Å². The maximum atomic E-state index is 14.0. The van der Waals surface area contributed by atoms with E-state index in [1.807, 2.05) is 13.8 Å². The molecule has 0 unspecified atom stereocenters. The number of hydrogen-bond donors (Lipinski definition) is 3. The van der Waals surface area contributed by atoms with Crippen LogP contribution in [0.4, 0.5) is 4.79 Å². The van der Waals surface area contributed by atoms with Gasteiger partial charge in [-0.25, -0.2) is 13.2 Å². The predicted octanol–water partition coefficient (Wildman–Crippen LogP) is 3.01. The Hall–Kier alpha value is -3.10. The van der Waals surface area contributed by atoms with Crippen LogP contribution in [0, 0.1) is 11.8 Å². The van der Waals surface area contributed by atoms with Crippen LogP contribution in [-0.2, 0) is 30.7 Å². The third-order valence-corrected chi connectivity index (χ3v) is 10.2. The van der Waals surface area contributed by atoms with Crippen LogP contribution in [0.25, 0.3) is 0 Å². The second kappa shape index (κ2) is 13.7. The van der Waals surface area contributed by atoms with Gasteiger partial charge in [0, 0.05) is 19.2 Å². The minimum Gasteiger partial charge on any atom is -0.508 e. The van der Waals surface area contributed by atoms with E-state index in [0.717, 1.165) is 18.4 Å². The highest BCUT2D eigenvalue weighted by Crippen LogP contribution is 2.35. The van der Waals surface area contributed by atoms with Crippen LogP contribution < -0.4 is 14.8 Å². The van der Waals surface area contributed by atoms with Gasteiger partial charge < -0.3 is 39.2 Å². The average Bonchev–Trinajstić information content (AvgIpc) is 3.74. The summed E-state index contributed by atoms with van der Waals surface area (Å²) in [5.41, 5.74) is 0.723. The molecule has 5 atom stereocenters. The molecule has 3 aliphatic rings. The van der Waals surface area contributed by atoms with E-state index in [-0.39, 0.29) is 55.4 Å². The number of rotatable bonds is 13. The van der Waals surface area contributed by atoms with Gasteiger partial charge in [-0.2, -0.15) is 4.31 Å². The van der Waals surface area contributed by atoms with Crippen molar-refractivity contribution < 1.29 is 47.1 Å². The maximum absolute atomic E-state index is 14.0. The summed E-state index contributed by atoms with van der Waals surface area (Å²) in [5, 5.41) is 24.1. The number of carbonyl (C=O) groups is 1. The lowest BCUT2D eigenvalue weighted by Gasteiger charge is -2.31. The monoisotopic (exact) mass is 620 g/mol. The summed E-state index contributed by atoms with van der Waals surface area (Å²) in [5.74, 6) is 0.866. The number of alkyl carbamates (subject to hydrolysis) is 1. The SMILES string of the molecule is CCC(CC)CN(C[C@@H](O)[C@H](Cc1ccc(O)cc1)NC(=O)O[C@H]1CO[C@H]2OCC[C@H]21)S(=O)(=O)c1ccc2c(c1)OCO2. The number of amides is 1. The molecule has 3 N–H and O–H groups in total. The average molecular weight is 621 g/mol. The number of phenols is 1. The molecule has 5 rings (SSSR count). The lowest BCUT2D eigenvalue weighted by molar-refractivity contribution is -0.0907. The predicted molar refractivity (Wildman–Crippen MR) is 154 cm³/mol. The minimum atomic E-state index is -4.07. The topological polar surface area (TPSA) is 153 Å². The molecule has 3 heterocycles. The number of fused-ring (bicyclic) bond motifs is 2. The number of sulfonamides is 1. The zero-order valence-electron chi connectivity index (χ0n) is 24.4. The molecule has 0 spiro atoms. The van der Waals surface area contributed by atoms with E-state index in [4.69, 9.17) is 23.7 Å². The molecule has 2 aromatic rings. The summed E-state index contributed by atoms with van der Waals surface area (Å²) in [4.78, 5) is 13.1. The highest BCUT2D eigenvalue weighted by atomic mass is 32.2. The fourth-order valence-corrected chi connectivity index (χ4v) is 7.22. The zero-order valence-corrected chi connectivity index (χ0v) is 25.2. The number of aliphatic hydroxyl groups excluding tert-OH is 1. The number of aliphatic hydroxyl groups is 1. The van der Waals surface area contributed by atoms with Crippen LogP contribution >= 0.6 is 0 Å². The van der Waals surface area contributed by atoms with Crippen molar-refractivity contribution in [1.29, 1.82) is 0 Å². The maximum Gasteiger partial charge on any atom is 0.407 e. The number of hydrogen-bond acceptors (Lipinski definition) is 10. The van der Waals surface area contributed by atoms with Gasteiger partial charge in [-0.3, -0.25) is 0 Å². The number of carbonyl (C=O) groups excluding carboxylic acids is 1. The highest BCUT2D eigenvalue weighted by molar-refractivity contribution is 7.89. The first kappa shape index (κ1) is 31.3. The Morgan fingerprint density at radius 2 is 1.81 bits per heavy atom. The number of nitrogens with one attached hydrogen (secondary N) is 1. The first-order valence-electron chi connectivity index (χ1n) is 14.7. The van der Waals surface area contributed by atoms with Crippen LogP contribution in [0.5, 0.6) is 17.2 Å². The summed E-state index contributed by atoms with van der Waals surface area (Å²) >= 11 is 0. The van der Waals surface area contributed by atoms with Gasteiger partial charge in [0.05, 0.1) is 36.2 Å². The van der Waals surface area contributed by atoms with E-state index < -0.39 is 40.7 Å². The van der Waals surface area contributed by atoms with Gasteiger partial charge in [-0.05, 0) is 48.6 Å². The van der Waals surface area contributed by atoms with Gasteiger partial charge in [0.25, 0.3) is 0 Å². The molecule has 3 aliphatic heterocycles. The Morgan fingerprint density at radius 3 is 2.56 bits per heavy atom. The quantitative estimate of drug-likeness (QED) is 0.305. The lowest BCUT2D eigenvalue weighted by Crippen LogP contribution is -2.52. The molecule has 0 aromatic heterocycles. The molecular weight excluding hydrogens is 580 g/mol. The zero-order chi connectivity index (χ0) is 30.6. The third kappa shape index (κ3) is 7.35. The fraction of sp³-hybridized carbons (Fsp3) is 0.567. The lowest BCUT2D eigenvalue weighted by atomic mass is 10.00. The van der Waals surface area contributed by atoms with Gasteiger partial charge in [0.15, 0.2) is 17.8 Å². The standard InChI is InChI=1S/C30H40N2O10S/c1-3-19(4-2)15-32(43(36,37)22-9-10-26-27(14-22)41-18-40-26)16-25(34)24(13-20-5-7-21(33)8-6-20)31-30(35)42-28-17-39-29-23(28)11-12-38-29/h5-10,14,19,23-25,28-29,33-34H,3-4,11-13,15-18H2,1-2H3,(H,31,35)/t23-,24-,25+,28-,29+/m0/s1. The number of aromatic hydroxyl groups is 1. The fourth-order valence-electron chi connectivity index (χ4n) is 5.67.